The molecule has 1 atom stereocenters. The average Bonchev–Trinajstić information content (AvgIpc) is 2.89. The first-order valence-corrected chi connectivity index (χ1v) is 7.15. The van der Waals surface area contributed by atoms with Crippen LogP contribution in [0.1, 0.15) is 21.5 Å². The van der Waals surface area contributed by atoms with Crippen molar-refractivity contribution in [3.63, 3.8) is 0 Å². The van der Waals surface area contributed by atoms with Crippen molar-refractivity contribution in [3.8, 4) is 0 Å². The summed E-state index contributed by atoms with van der Waals surface area (Å²) >= 11 is 0. The fourth-order valence-electron chi connectivity index (χ4n) is 2.49. The van der Waals surface area contributed by atoms with Crippen LogP contribution in [-0.2, 0) is 17.8 Å². The number of carbonyl (C=O) groups excluding carboxylic acids is 2. The first-order valence-electron chi connectivity index (χ1n) is 7.15. The number of fused-ring (bicyclic) bond motifs is 1. The highest BCUT2D eigenvalue weighted by Gasteiger charge is 2.20. The number of amides is 2. The molecule has 0 saturated carbocycles. The van der Waals surface area contributed by atoms with Crippen molar-refractivity contribution in [3.05, 3.63) is 65.2 Å². The Morgan fingerprint density at radius 1 is 1.23 bits per heavy atom. The Balaban J connectivity index is 1.67. The van der Waals surface area contributed by atoms with Gasteiger partial charge in [0, 0.05) is 17.8 Å². The predicted octanol–water partition coefficient (Wildman–Crippen LogP) is 1.44. The third-order valence-electron chi connectivity index (χ3n) is 3.70. The summed E-state index contributed by atoms with van der Waals surface area (Å²) in [5.41, 5.74) is 9.09. The van der Waals surface area contributed by atoms with Crippen molar-refractivity contribution in [2.24, 2.45) is 5.73 Å². The lowest BCUT2D eigenvalue weighted by Crippen LogP contribution is -2.37. The second-order valence-electron chi connectivity index (χ2n) is 5.34. The molecule has 1 aliphatic heterocycles. The minimum absolute atomic E-state index is 0.111. The molecule has 5 nitrogen and oxygen atoms in total. The number of hydrogen-bond acceptors (Lipinski definition) is 3. The van der Waals surface area contributed by atoms with Gasteiger partial charge in [-0.15, -0.1) is 0 Å². The lowest BCUT2D eigenvalue weighted by molar-refractivity contribution is -0.117. The van der Waals surface area contributed by atoms with Crippen LogP contribution in [0.5, 0.6) is 0 Å². The molecule has 0 fully saturated rings. The van der Waals surface area contributed by atoms with Gasteiger partial charge in [0.15, 0.2) is 0 Å². The highest BCUT2D eigenvalue weighted by molar-refractivity contribution is 6.01. The van der Waals surface area contributed by atoms with Gasteiger partial charge in [0.2, 0.25) is 5.91 Å². The third kappa shape index (κ3) is 2.99. The van der Waals surface area contributed by atoms with E-state index in [0.717, 1.165) is 11.1 Å². The molecule has 0 radical (unpaired) electrons. The highest BCUT2D eigenvalue weighted by Crippen LogP contribution is 2.20. The number of benzene rings is 2. The molecule has 0 bridgehead atoms. The maximum Gasteiger partial charge on any atom is 0.251 e. The molecular formula is C17H17N3O2. The van der Waals surface area contributed by atoms with Gasteiger partial charge in [-0.05, 0) is 29.7 Å². The second kappa shape index (κ2) is 5.99. The summed E-state index contributed by atoms with van der Waals surface area (Å²) in [6.45, 7) is 0.538. The van der Waals surface area contributed by atoms with Crippen molar-refractivity contribution < 1.29 is 9.59 Å². The van der Waals surface area contributed by atoms with E-state index in [0.29, 0.717) is 24.2 Å². The molecule has 3 rings (SSSR count). The van der Waals surface area contributed by atoms with E-state index in [1.165, 1.54) is 0 Å². The van der Waals surface area contributed by atoms with Crippen molar-refractivity contribution in [1.82, 2.24) is 5.32 Å². The van der Waals surface area contributed by atoms with Crippen LogP contribution in [0.25, 0.3) is 0 Å². The molecular weight excluding hydrogens is 278 g/mol. The zero-order valence-electron chi connectivity index (χ0n) is 12.0. The molecule has 4 N–H and O–H groups in total. The second-order valence-corrected chi connectivity index (χ2v) is 5.34. The van der Waals surface area contributed by atoms with E-state index >= 15 is 0 Å². The molecule has 2 amide bonds. The zero-order valence-corrected chi connectivity index (χ0v) is 12.0. The molecule has 0 saturated heterocycles. The number of anilines is 1. The van der Waals surface area contributed by atoms with E-state index in [-0.39, 0.29) is 11.8 Å². The normalized spacial score (nSPS) is 14.1. The lowest BCUT2D eigenvalue weighted by Gasteiger charge is -2.13. The topological polar surface area (TPSA) is 84.2 Å². The van der Waals surface area contributed by atoms with Crippen LogP contribution in [0.2, 0.25) is 0 Å². The number of rotatable bonds is 4. The molecule has 2 aromatic carbocycles. The Kier molecular flexibility index (Phi) is 3.89. The minimum Gasteiger partial charge on any atom is -0.348 e. The van der Waals surface area contributed by atoms with Gasteiger partial charge in [-0.3, -0.25) is 9.59 Å². The summed E-state index contributed by atoms with van der Waals surface area (Å²) in [5, 5.41) is 5.51. The average molecular weight is 295 g/mol. The van der Waals surface area contributed by atoms with Crippen LogP contribution in [0.3, 0.4) is 0 Å². The Bertz CT molecular complexity index is 713. The molecule has 0 aliphatic carbocycles. The van der Waals surface area contributed by atoms with Crippen molar-refractivity contribution in [2.75, 3.05) is 5.32 Å². The molecule has 5 heteroatoms. The summed E-state index contributed by atoms with van der Waals surface area (Å²) < 4.78 is 0. The van der Waals surface area contributed by atoms with E-state index in [1.807, 2.05) is 36.4 Å². The van der Waals surface area contributed by atoms with Crippen molar-refractivity contribution in [2.45, 2.75) is 19.0 Å². The van der Waals surface area contributed by atoms with Gasteiger partial charge in [-0.25, -0.2) is 0 Å². The molecule has 0 aromatic heterocycles. The van der Waals surface area contributed by atoms with Gasteiger partial charge >= 0.3 is 0 Å². The van der Waals surface area contributed by atoms with E-state index in [1.54, 1.807) is 12.1 Å². The number of hydrogen-bond donors (Lipinski definition) is 3. The van der Waals surface area contributed by atoms with Crippen LogP contribution in [0, 0.1) is 0 Å². The van der Waals surface area contributed by atoms with Gasteiger partial charge in [-0.1, -0.05) is 36.4 Å². The first kappa shape index (κ1) is 14.3. The summed E-state index contributed by atoms with van der Waals surface area (Å²) in [5.74, 6) is -0.373. The number of carbonyl (C=O) groups is 2. The third-order valence-corrected chi connectivity index (χ3v) is 3.70. The Morgan fingerprint density at radius 3 is 2.77 bits per heavy atom. The van der Waals surface area contributed by atoms with Crippen LogP contribution < -0.4 is 16.4 Å². The van der Waals surface area contributed by atoms with E-state index < -0.39 is 6.04 Å². The van der Waals surface area contributed by atoms with Crippen molar-refractivity contribution in [1.29, 1.82) is 0 Å². The maximum atomic E-state index is 12.2. The largest absolute Gasteiger partial charge is 0.348 e. The summed E-state index contributed by atoms with van der Waals surface area (Å²) in [6, 6.07) is 14.3. The van der Waals surface area contributed by atoms with Gasteiger partial charge in [0.1, 0.15) is 0 Å². The van der Waals surface area contributed by atoms with E-state index in [4.69, 9.17) is 5.73 Å². The van der Waals surface area contributed by atoms with Crippen LogP contribution in [0.15, 0.2) is 48.5 Å². The quantitative estimate of drug-likeness (QED) is 0.798. The maximum absolute atomic E-state index is 12.2. The summed E-state index contributed by atoms with van der Waals surface area (Å²) in [4.78, 5) is 23.8. The van der Waals surface area contributed by atoms with E-state index in [9.17, 15) is 9.59 Å². The molecule has 1 aliphatic rings. The molecule has 1 unspecified atom stereocenters. The Labute approximate surface area is 128 Å². The highest BCUT2D eigenvalue weighted by atomic mass is 16.2. The fourth-order valence-corrected chi connectivity index (χ4v) is 2.49. The summed E-state index contributed by atoms with van der Waals surface area (Å²) in [6.07, 6.45) is 0.470. The SMILES string of the molecule is NC(Cc1ccccc1)C(=O)Nc1ccc2c(c1)C(=O)NC2. The van der Waals surface area contributed by atoms with Crippen LogP contribution >= 0.6 is 0 Å². The standard InChI is InChI=1S/C17H17N3O2/c18-15(8-11-4-2-1-3-5-11)17(22)20-13-7-6-12-10-19-16(21)14(12)9-13/h1-7,9,15H,8,10,18H2,(H,19,21)(H,20,22). The smallest absolute Gasteiger partial charge is 0.251 e. The molecule has 1 heterocycles. The predicted molar refractivity (Wildman–Crippen MR) is 84.4 cm³/mol. The zero-order chi connectivity index (χ0) is 15.5. The van der Waals surface area contributed by atoms with Gasteiger partial charge in [-0.2, -0.15) is 0 Å². The Morgan fingerprint density at radius 2 is 2.00 bits per heavy atom. The van der Waals surface area contributed by atoms with Crippen LogP contribution in [-0.4, -0.2) is 17.9 Å². The molecule has 22 heavy (non-hydrogen) atoms. The monoisotopic (exact) mass is 295 g/mol. The molecule has 112 valence electrons. The lowest BCUT2D eigenvalue weighted by atomic mass is 10.1. The van der Waals surface area contributed by atoms with Gasteiger partial charge in [0.05, 0.1) is 6.04 Å². The van der Waals surface area contributed by atoms with Crippen molar-refractivity contribution >= 4 is 17.5 Å². The number of nitrogens with two attached hydrogens (primary N) is 1. The molecule has 0 spiro atoms. The fraction of sp³-hybridized carbons (Fsp3) is 0.176. The first-order chi connectivity index (χ1) is 10.6. The minimum atomic E-state index is -0.635. The number of nitrogens with one attached hydrogen (secondary N) is 2. The van der Waals surface area contributed by atoms with Gasteiger partial charge < -0.3 is 16.4 Å². The van der Waals surface area contributed by atoms with Gasteiger partial charge in [0.25, 0.3) is 5.91 Å². The van der Waals surface area contributed by atoms with Crippen LogP contribution in [0.4, 0.5) is 5.69 Å². The Hall–Kier alpha value is -2.66. The summed E-state index contributed by atoms with van der Waals surface area (Å²) in [7, 11) is 0. The van der Waals surface area contributed by atoms with E-state index in [2.05, 4.69) is 10.6 Å². The molecule has 2 aromatic rings.